The molecule has 0 unspecified atom stereocenters. The standard InChI is InChI=1S/C12H20F4/c13-11(14)7-5-3-1-2-4-6-8-12(15,16)10-9-11/h1-10H2. The molecule has 0 heterocycles. The van der Waals surface area contributed by atoms with Crippen LogP contribution in [0.3, 0.4) is 0 Å². The molecule has 96 valence electrons. The Morgan fingerprint density at radius 2 is 0.750 bits per heavy atom. The van der Waals surface area contributed by atoms with Gasteiger partial charge in [0.2, 0.25) is 11.8 Å². The van der Waals surface area contributed by atoms with Crippen molar-refractivity contribution in [3.8, 4) is 0 Å². The van der Waals surface area contributed by atoms with Crippen molar-refractivity contribution in [3.63, 3.8) is 0 Å². The Balaban J connectivity index is 2.47. The normalized spacial score (nSPS) is 27.8. The van der Waals surface area contributed by atoms with Gasteiger partial charge in [-0.05, 0) is 12.8 Å². The predicted octanol–water partition coefficient (Wildman–Crippen LogP) is 5.17. The van der Waals surface area contributed by atoms with E-state index in [-0.39, 0.29) is 12.8 Å². The van der Waals surface area contributed by atoms with Crippen LogP contribution in [0.1, 0.15) is 64.2 Å². The Hall–Kier alpha value is -0.280. The highest BCUT2D eigenvalue weighted by Crippen LogP contribution is 2.35. The first-order chi connectivity index (χ1) is 7.41. The van der Waals surface area contributed by atoms with Gasteiger partial charge in [-0.3, -0.25) is 0 Å². The maximum absolute atomic E-state index is 13.2. The zero-order valence-electron chi connectivity index (χ0n) is 9.58. The molecule has 0 atom stereocenters. The van der Waals surface area contributed by atoms with Gasteiger partial charge in [0.15, 0.2) is 0 Å². The zero-order chi connectivity index (χ0) is 12.1. The van der Waals surface area contributed by atoms with E-state index >= 15 is 0 Å². The lowest BCUT2D eigenvalue weighted by Gasteiger charge is -2.22. The fourth-order valence-corrected chi connectivity index (χ4v) is 2.09. The van der Waals surface area contributed by atoms with E-state index in [2.05, 4.69) is 0 Å². The average molecular weight is 240 g/mol. The van der Waals surface area contributed by atoms with Crippen LogP contribution in [0.2, 0.25) is 0 Å². The van der Waals surface area contributed by atoms with Crippen molar-refractivity contribution in [2.75, 3.05) is 0 Å². The van der Waals surface area contributed by atoms with Crippen LogP contribution in [0.5, 0.6) is 0 Å². The molecular weight excluding hydrogens is 220 g/mol. The number of hydrogen-bond donors (Lipinski definition) is 0. The summed E-state index contributed by atoms with van der Waals surface area (Å²) in [5, 5.41) is 0. The Labute approximate surface area is 94.4 Å². The van der Waals surface area contributed by atoms with E-state index in [9.17, 15) is 17.6 Å². The minimum absolute atomic E-state index is 0.233. The van der Waals surface area contributed by atoms with Crippen LogP contribution in [-0.4, -0.2) is 11.8 Å². The quantitative estimate of drug-likeness (QED) is 0.512. The SMILES string of the molecule is FC1(F)CCCCCCCCC(F)(F)CC1. The highest BCUT2D eigenvalue weighted by atomic mass is 19.3. The summed E-state index contributed by atoms with van der Waals surface area (Å²) in [6, 6.07) is 0. The van der Waals surface area contributed by atoms with Crippen molar-refractivity contribution >= 4 is 0 Å². The molecule has 0 N–H and O–H groups in total. The first-order valence-corrected chi connectivity index (χ1v) is 6.17. The van der Waals surface area contributed by atoms with E-state index in [4.69, 9.17) is 0 Å². The molecule has 0 aromatic rings. The smallest absolute Gasteiger partial charge is 0.207 e. The number of alkyl halides is 4. The summed E-state index contributed by atoms with van der Waals surface area (Å²) in [7, 11) is 0. The van der Waals surface area contributed by atoms with Gasteiger partial charge in [-0.15, -0.1) is 0 Å². The minimum atomic E-state index is -2.90. The van der Waals surface area contributed by atoms with Crippen LogP contribution < -0.4 is 0 Å². The minimum Gasteiger partial charge on any atom is -0.207 e. The fourth-order valence-electron chi connectivity index (χ4n) is 2.09. The van der Waals surface area contributed by atoms with E-state index in [1.54, 1.807) is 0 Å². The number of halogens is 4. The Morgan fingerprint density at radius 3 is 1.12 bits per heavy atom. The molecule has 1 rings (SSSR count). The lowest BCUT2D eigenvalue weighted by Crippen LogP contribution is -2.23. The van der Waals surface area contributed by atoms with Gasteiger partial charge in [0, 0.05) is 25.7 Å². The van der Waals surface area contributed by atoms with Crippen molar-refractivity contribution in [2.45, 2.75) is 76.1 Å². The number of rotatable bonds is 0. The molecule has 0 saturated heterocycles. The zero-order valence-corrected chi connectivity index (χ0v) is 9.58. The summed E-state index contributed by atoms with van der Waals surface area (Å²) in [5.74, 6) is -5.80. The molecule has 0 bridgehead atoms. The summed E-state index contributed by atoms with van der Waals surface area (Å²) in [4.78, 5) is 0. The molecule has 0 aliphatic heterocycles. The topological polar surface area (TPSA) is 0 Å². The largest absolute Gasteiger partial charge is 0.248 e. The average Bonchev–Trinajstić information content (AvgIpc) is 2.18. The van der Waals surface area contributed by atoms with Gasteiger partial charge in [-0.25, -0.2) is 17.6 Å². The maximum atomic E-state index is 13.2. The molecular formula is C12H20F4. The van der Waals surface area contributed by atoms with Gasteiger partial charge in [0.05, 0.1) is 0 Å². The van der Waals surface area contributed by atoms with Crippen molar-refractivity contribution in [1.82, 2.24) is 0 Å². The van der Waals surface area contributed by atoms with Crippen LogP contribution in [-0.2, 0) is 0 Å². The maximum Gasteiger partial charge on any atom is 0.248 e. The summed E-state index contributed by atoms with van der Waals surface area (Å²) < 4.78 is 52.8. The molecule has 0 amide bonds. The number of hydrogen-bond acceptors (Lipinski definition) is 0. The molecule has 0 nitrogen and oxygen atoms in total. The third-order valence-corrected chi connectivity index (χ3v) is 3.19. The molecule has 1 saturated carbocycles. The molecule has 0 spiro atoms. The predicted molar refractivity (Wildman–Crippen MR) is 56.1 cm³/mol. The molecule has 4 heteroatoms. The summed E-state index contributed by atoms with van der Waals surface area (Å²) in [6.07, 6.45) is 2.49. The molecule has 0 radical (unpaired) electrons. The summed E-state index contributed by atoms with van der Waals surface area (Å²) in [6.45, 7) is 0. The van der Waals surface area contributed by atoms with Gasteiger partial charge in [-0.1, -0.05) is 25.7 Å². The van der Waals surface area contributed by atoms with E-state index in [1.807, 2.05) is 0 Å². The van der Waals surface area contributed by atoms with E-state index in [0.29, 0.717) is 12.8 Å². The second-order valence-electron chi connectivity index (χ2n) is 4.83. The van der Waals surface area contributed by atoms with Crippen LogP contribution in [0.15, 0.2) is 0 Å². The first-order valence-electron chi connectivity index (χ1n) is 6.17. The Kier molecular flexibility index (Phi) is 5.06. The summed E-state index contributed by atoms with van der Waals surface area (Å²) in [5.41, 5.74) is 0. The van der Waals surface area contributed by atoms with Crippen LogP contribution >= 0.6 is 0 Å². The molecule has 0 aromatic carbocycles. The van der Waals surface area contributed by atoms with Gasteiger partial charge < -0.3 is 0 Å². The van der Waals surface area contributed by atoms with Crippen LogP contribution in [0.25, 0.3) is 0 Å². The van der Waals surface area contributed by atoms with E-state index < -0.39 is 24.7 Å². The first kappa shape index (κ1) is 13.8. The summed E-state index contributed by atoms with van der Waals surface area (Å²) >= 11 is 0. The highest BCUT2D eigenvalue weighted by Gasteiger charge is 2.35. The second kappa shape index (κ2) is 5.87. The van der Waals surface area contributed by atoms with E-state index in [0.717, 1.165) is 25.7 Å². The molecule has 0 aromatic heterocycles. The third-order valence-electron chi connectivity index (χ3n) is 3.19. The van der Waals surface area contributed by atoms with Gasteiger partial charge >= 0.3 is 0 Å². The Bertz CT molecular complexity index is 179. The van der Waals surface area contributed by atoms with Crippen molar-refractivity contribution in [3.05, 3.63) is 0 Å². The molecule has 16 heavy (non-hydrogen) atoms. The molecule has 1 aliphatic carbocycles. The van der Waals surface area contributed by atoms with Gasteiger partial charge in [-0.2, -0.15) is 0 Å². The highest BCUT2D eigenvalue weighted by molar-refractivity contribution is 4.74. The van der Waals surface area contributed by atoms with Crippen molar-refractivity contribution < 1.29 is 17.6 Å². The molecule has 1 aliphatic rings. The fraction of sp³-hybridized carbons (Fsp3) is 1.00. The third kappa shape index (κ3) is 5.71. The van der Waals surface area contributed by atoms with Gasteiger partial charge in [0.25, 0.3) is 0 Å². The van der Waals surface area contributed by atoms with Crippen molar-refractivity contribution in [2.24, 2.45) is 0 Å². The lowest BCUT2D eigenvalue weighted by atomic mass is 9.97. The van der Waals surface area contributed by atoms with E-state index in [1.165, 1.54) is 0 Å². The van der Waals surface area contributed by atoms with Crippen LogP contribution in [0.4, 0.5) is 17.6 Å². The van der Waals surface area contributed by atoms with Gasteiger partial charge in [0.1, 0.15) is 0 Å². The van der Waals surface area contributed by atoms with Crippen LogP contribution in [0, 0.1) is 0 Å². The second-order valence-corrected chi connectivity index (χ2v) is 4.83. The molecule has 1 fully saturated rings. The lowest BCUT2D eigenvalue weighted by molar-refractivity contribution is -0.0727. The monoisotopic (exact) mass is 240 g/mol. The Morgan fingerprint density at radius 1 is 0.438 bits per heavy atom. The van der Waals surface area contributed by atoms with Crippen molar-refractivity contribution in [1.29, 1.82) is 0 Å².